The first-order valence-corrected chi connectivity index (χ1v) is 6.09. The topological polar surface area (TPSA) is 80.4 Å². The molecule has 0 heterocycles. The lowest BCUT2D eigenvalue weighted by molar-refractivity contribution is 0.482. The lowest BCUT2D eigenvalue weighted by Crippen LogP contribution is -2.16. The fourth-order valence-electron chi connectivity index (χ4n) is 1.25. The Labute approximate surface area is 89.9 Å². The first kappa shape index (κ1) is 12.2. The van der Waals surface area contributed by atoms with Gasteiger partial charge >= 0.3 is 0 Å². The van der Waals surface area contributed by atoms with Crippen LogP contribution in [0, 0.1) is 5.92 Å². The molecule has 1 aromatic carbocycles. The van der Waals surface area contributed by atoms with Gasteiger partial charge in [0.2, 0.25) is 0 Å². The van der Waals surface area contributed by atoms with Crippen LogP contribution in [0.3, 0.4) is 0 Å². The van der Waals surface area contributed by atoms with Crippen LogP contribution in [0.1, 0.15) is 25.5 Å². The zero-order valence-electron chi connectivity index (χ0n) is 8.71. The van der Waals surface area contributed by atoms with E-state index < -0.39 is 10.1 Å². The van der Waals surface area contributed by atoms with E-state index in [9.17, 15) is 8.42 Å². The van der Waals surface area contributed by atoms with Gasteiger partial charge in [0.25, 0.3) is 10.1 Å². The third-order valence-corrected chi connectivity index (χ3v) is 3.15. The molecule has 1 atom stereocenters. The third-order valence-electron chi connectivity index (χ3n) is 2.28. The van der Waals surface area contributed by atoms with E-state index in [1.165, 1.54) is 12.1 Å². The number of benzene rings is 1. The Balaban J connectivity index is 3.01. The van der Waals surface area contributed by atoms with Crippen molar-refractivity contribution < 1.29 is 13.0 Å². The minimum atomic E-state index is -4.11. The summed E-state index contributed by atoms with van der Waals surface area (Å²) in [5.74, 6) is 0.279. The average molecular weight is 229 g/mol. The van der Waals surface area contributed by atoms with Crippen molar-refractivity contribution in [3.05, 3.63) is 29.8 Å². The van der Waals surface area contributed by atoms with Crippen LogP contribution in [0.5, 0.6) is 0 Å². The van der Waals surface area contributed by atoms with Crippen LogP contribution in [-0.4, -0.2) is 13.0 Å². The van der Waals surface area contributed by atoms with Crippen LogP contribution in [-0.2, 0) is 10.1 Å². The van der Waals surface area contributed by atoms with Gasteiger partial charge in [-0.15, -0.1) is 0 Å². The van der Waals surface area contributed by atoms with Gasteiger partial charge < -0.3 is 5.73 Å². The van der Waals surface area contributed by atoms with Crippen LogP contribution in [0.15, 0.2) is 29.2 Å². The molecule has 84 valence electrons. The van der Waals surface area contributed by atoms with Gasteiger partial charge in [-0.3, -0.25) is 4.55 Å². The SMILES string of the molecule is CC(C)C(N)c1ccc(S(=O)(=O)O)cc1. The molecule has 3 N–H and O–H groups in total. The third kappa shape index (κ3) is 3.02. The Morgan fingerprint density at radius 1 is 1.20 bits per heavy atom. The Morgan fingerprint density at radius 2 is 1.67 bits per heavy atom. The molecule has 0 radical (unpaired) electrons. The van der Waals surface area contributed by atoms with Crippen molar-refractivity contribution in [2.45, 2.75) is 24.8 Å². The maximum absolute atomic E-state index is 10.8. The average Bonchev–Trinajstić information content (AvgIpc) is 2.15. The van der Waals surface area contributed by atoms with E-state index in [0.29, 0.717) is 0 Å². The van der Waals surface area contributed by atoms with Crippen LogP contribution in [0.2, 0.25) is 0 Å². The van der Waals surface area contributed by atoms with Crippen LogP contribution in [0.25, 0.3) is 0 Å². The maximum atomic E-state index is 10.8. The highest BCUT2D eigenvalue weighted by atomic mass is 32.2. The molecule has 0 bridgehead atoms. The van der Waals surface area contributed by atoms with Crippen LogP contribution >= 0.6 is 0 Å². The van der Waals surface area contributed by atoms with Gasteiger partial charge in [0, 0.05) is 6.04 Å². The Kier molecular flexibility index (Phi) is 3.49. The quantitative estimate of drug-likeness (QED) is 0.771. The number of nitrogens with two attached hydrogens (primary N) is 1. The summed E-state index contributed by atoms with van der Waals surface area (Å²) in [5, 5.41) is 0. The molecule has 0 aliphatic rings. The summed E-state index contributed by atoms with van der Waals surface area (Å²) in [4.78, 5) is -0.109. The molecule has 1 unspecified atom stereocenters. The number of hydrogen-bond acceptors (Lipinski definition) is 3. The summed E-state index contributed by atoms with van der Waals surface area (Å²) in [5.41, 5.74) is 6.74. The van der Waals surface area contributed by atoms with E-state index in [1.807, 2.05) is 13.8 Å². The Morgan fingerprint density at radius 3 is 2.00 bits per heavy atom. The Hall–Kier alpha value is -0.910. The van der Waals surface area contributed by atoms with E-state index in [0.717, 1.165) is 5.56 Å². The van der Waals surface area contributed by atoms with E-state index in [2.05, 4.69) is 0 Å². The minimum Gasteiger partial charge on any atom is -0.324 e. The molecular formula is C10H15NO3S. The summed E-state index contributed by atoms with van der Waals surface area (Å²) in [6.45, 7) is 3.97. The maximum Gasteiger partial charge on any atom is 0.294 e. The second kappa shape index (κ2) is 4.30. The van der Waals surface area contributed by atoms with Crippen LogP contribution < -0.4 is 5.73 Å². The second-order valence-corrected chi connectivity index (χ2v) is 5.24. The van der Waals surface area contributed by atoms with E-state index >= 15 is 0 Å². The molecule has 1 aromatic rings. The molecule has 0 aromatic heterocycles. The second-order valence-electron chi connectivity index (χ2n) is 3.81. The molecule has 4 nitrogen and oxygen atoms in total. The van der Waals surface area contributed by atoms with Gasteiger partial charge in [0.1, 0.15) is 0 Å². The highest BCUT2D eigenvalue weighted by Gasteiger charge is 2.13. The van der Waals surface area contributed by atoms with Crippen molar-refractivity contribution in [1.82, 2.24) is 0 Å². The predicted molar refractivity (Wildman–Crippen MR) is 58.0 cm³/mol. The molecule has 0 saturated carbocycles. The van der Waals surface area contributed by atoms with Gasteiger partial charge in [0.05, 0.1) is 4.90 Å². The van der Waals surface area contributed by atoms with Gasteiger partial charge in [-0.25, -0.2) is 0 Å². The zero-order valence-corrected chi connectivity index (χ0v) is 9.53. The summed E-state index contributed by atoms with van der Waals surface area (Å²) >= 11 is 0. The highest BCUT2D eigenvalue weighted by Crippen LogP contribution is 2.20. The highest BCUT2D eigenvalue weighted by molar-refractivity contribution is 7.85. The molecule has 0 aliphatic heterocycles. The van der Waals surface area contributed by atoms with Gasteiger partial charge in [-0.05, 0) is 23.6 Å². The monoisotopic (exact) mass is 229 g/mol. The van der Waals surface area contributed by atoms with Crippen molar-refractivity contribution in [3.63, 3.8) is 0 Å². The lowest BCUT2D eigenvalue weighted by atomic mass is 9.97. The van der Waals surface area contributed by atoms with Gasteiger partial charge in [0.15, 0.2) is 0 Å². The lowest BCUT2D eigenvalue weighted by Gasteiger charge is -2.15. The minimum absolute atomic E-state index is 0.109. The first-order valence-electron chi connectivity index (χ1n) is 4.65. The van der Waals surface area contributed by atoms with Crippen molar-refractivity contribution in [1.29, 1.82) is 0 Å². The Bertz CT molecular complexity index is 422. The van der Waals surface area contributed by atoms with E-state index in [4.69, 9.17) is 10.3 Å². The predicted octanol–water partition coefficient (Wildman–Crippen LogP) is 1.59. The van der Waals surface area contributed by atoms with Crippen LogP contribution in [0.4, 0.5) is 0 Å². The molecule has 0 fully saturated rings. The molecule has 0 amide bonds. The van der Waals surface area contributed by atoms with E-state index in [-0.39, 0.29) is 16.9 Å². The smallest absolute Gasteiger partial charge is 0.294 e. The summed E-state index contributed by atoms with van der Waals surface area (Å²) < 4.78 is 30.3. The van der Waals surface area contributed by atoms with Crippen molar-refractivity contribution in [3.8, 4) is 0 Å². The van der Waals surface area contributed by atoms with Crippen molar-refractivity contribution >= 4 is 10.1 Å². The molecule has 15 heavy (non-hydrogen) atoms. The molecule has 5 heteroatoms. The van der Waals surface area contributed by atoms with Gasteiger partial charge in [-0.2, -0.15) is 8.42 Å². The fourth-order valence-corrected chi connectivity index (χ4v) is 1.73. The molecule has 0 aliphatic carbocycles. The van der Waals surface area contributed by atoms with Gasteiger partial charge in [-0.1, -0.05) is 26.0 Å². The number of hydrogen-bond donors (Lipinski definition) is 2. The summed E-state index contributed by atoms with van der Waals surface area (Å²) in [6.07, 6.45) is 0. The molecule has 0 spiro atoms. The number of rotatable bonds is 3. The van der Waals surface area contributed by atoms with Crippen molar-refractivity contribution in [2.24, 2.45) is 11.7 Å². The summed E-state index contributed by atoms with van der Waals surface area (Å²) in [6, 6.07) is 5.82. The molecule has 0 saturated heterocycles. The first-order chi connectivity index (χ1) is 6.82. The molecule has 1 rings (SSSR count). The summed E-state index contributed by atoms with van der Waals surface area (Å²) in [7, 11) is -4.11. The standard InChI is InChI=1S/C10H15NO3S/c1-7(2)10(11)8-3-5-9(6-4-8)15(12,13)14/h3-7,10H,11H2,1-2H3,(H,12,13,14). The molecular weight excluding hydrogens is 214 g/mol. The van der Waals surface area contributed by atoms with E-state index in [1.54, 1.807) is 12.1 Å². The zero-order chi connectivity index (χ0) is 11.6. The fraction of sp³-hybridized carbons (Fsp3) is 0.400. The van der Waals surface area contributed by atoms with Crippen molar-refractivity contribution in [2.75, 3.05) is 0 Å². The largest absolute Gasteiger partial charge is 0.324 e. The normalized spacial score (nSPS) is 14.2.